The first-order valence-corrected chi connectivity index (χ1v) is 9.89. The number of nitrogens with zero attached hydrogens (tertiary/aromatic N) is 5. The lowest BCUT2D eigenvalue weighted by Gasteiger charge is -2.16. The SMILES string of the molecule is CCCC1=NN(c2ccc([N+](=O)[O-])cc2)C(=O)[C@@H]1C=NCCCN(CC)CC. The topological polar surface area (TPSA) is 91.4 Å². The van der Waals surface area contributed by atoms with Crippen LogP contribution in [0.2, 0.25) is 0 Å². The van der Waals surface area contributed by atoms with E-state index in [1.54, 1.807) is 18.3 Å². The Bertz CT molecular complexity index is 726. The highest BCUT2D eigenvalue weighted by Crippen LogP contribution is 2.26. The van der Waals surface area contributed by atoms with Crippen LogP contribution in [0, 0.1) is 16.0 Å². The molecule has 28 heavy (non-hydrogen) atoms. The Kier molecular flexibility index (Phi) is 8.25. The average molecular weight is 387 g/mol. The lowest BCUT2D eigenvalue weighted by atomic mass is 10.0. The number of benzene rings is 1. The molecular formula is C20H29N5O3. The third-order valence-corrected chi connectivity index (χ3v) is 4.78. The number of nitro benzene ring substituents is 1. The molecule has 1 aromatic rings. The lowest BCUT2D eigenvalue weighted by Crippen LogP contribution is -2.28. The first-order valence-electron chi connectivity index (χ1n) is 9.89. The van der Waals surface area contributed by atoms with E-state index < -0.39 is 10.8 Å². The average Bonchev–Trinajstić information content (AvgIpc) is 3.00. The highest BCUT2D eigenvalue weighted by molar-refractivity contribution is 6.24. The van der Waals surface area contributed by atoms with Crippen LogP contribution in [0.3, 0.4) is 0 Å². The molecule has 1 aromatic carbocycles. The molecule has 0 N–H and O–H groups in total. The summed E-state index contributed by atoms with van der Waals surface area (Å²) in [4.78, 5) is 30.0. The van der Waals surface area contributed by atoms with E-state index in [1.807, 2.05) is 6.92 Å². The number of anilines is 1. The molecule has 152 valence electrons. The summed E-state index contributed by atoms with van der Waals surface area (Å²) in [5.41, 5.74) is 1.31. The number of non-ortho nitro benzene ring substituents is 1. The van der Waals surface area contributed by atoms with Crippen molar-refractivity contribution in [3.8, 4) is 0 Å². The van der Waals surface area contributed by atoms with Crippen molar-refractivity contribution >= 4 is 29.2 Å². The fourth-order valence-electron chi connectivity index (χ4n) is 3.13. The molecule has 8 nitrogen and oxygen atoms in total. The molecule has 8 heteroatoms. The van der Waals surface area contributed by atoms with E-state index in [0.29, 0.717) is 18.7 Å². The summed E-state index contributed by atoms with van der Waals surface area (Å²) in [6.45, 7) is 10.1. The van der Waals surface area contributed by atoms with E-state index >= 15 is 0 Å². The van der Waals surface area contributed by atoms with Crippen LogP contribution in [0.4, 0.5) is 11.4 Å². The maximum Gasteiger partial charge on any atom is 0.269 e. The summed E-state index contributed by atoms with van der Waals surface area (Å²) in [5, 5.41) is 16.6. The Labute approximate surface area is 166 Å². The summed E-state index contributed by atoms with van der Waals surface area (Å²) in [7, 11) is 0. The number of hydrogen-bond acceptors (Lipinski definition) is 6. The van der Waals surface area contributed by atoms with Crippen molar-refractivity contribution in [2.24, 2.45) is 16.0 Å². The molecular weight excluding hydrogens is 358 g/mol. The molecule has 0 fully saturated rings. The summed E-state index contributed by atoms with van der Waals surface area (Å²) in [6, 6.07) is 5.86. The quantitative estimate of drug-likeness (QED) is 0.251. The van der Waals surface area contributed by atoms with Crippen LogP contribution in [0.1, 0.15) is 40.0 Å². The van der Waals surface area contributed by atoms with Gasteiger partial charge < -0.3 is 4.90 Å². The van der Waals surface area contributed by atoms with Crippen LogP contribution in [-0.2, 0) is 4.79 Å². The van der Waals surface area contributed by atoms with Crippen molar-refractivity contribution < 1.29 is 9.72 Å². The minimum absolute atomic E-state index is 0.0144. The van der Waals surface area contributed by atoms with Crippen LogP contribution < -0.4 is 5.01 Å². The molecule has 0 radical (unpaired) electrons. The monoisotopic (exact) mass is 387 g/mol. The molecule has 0 saturated heterocycles. The highest BCUT2D eigenvalue weighted by atomic mass is 16.6. The fraction of sp³-hybridized carbons (Fsp3) is 0.550. The molecule has 1 aliphatic heterocycles. The van der Waals surface area contributed by atoms with Gasteiger partial charge in [-0.15, -0.1) is 0 Å². The van der Waals surface area contributed by atoms with E-state index in [-0.39, 0.29) is 11.6 Å². The molecule has 0 bridgehead atoms. The first-order chi connectivity index (χ1) is 13.5. The Morgan fingerprint density at radius 3 is 2.50 bits per heavy atom. The Balaban J connectivity index is 2.04. The van der Waals surface area contributed by atoms with Crippen LogP contribution in [0.15, 0.2) is 34.4 Å². The van der Waals surface area contributed by atoms with Crippen molar-refractivity contribution in [1.82, 2.24) is 4.90 Å². The van der Waals surface area contributed by atoms with Gasteiger partial charge in [-0.2, -0.15) is 10.1 Å². The third-order valence-electron chi connectivity index (χ3n) is 4.78. The van der Waals surface area contributed by atoms with Crippen LogP contribution >= 0.6 is 0 Å². The van der Waals surface area contributed by atoms with Gasteiger partial charge in [0, 0.05) is 24.9 Å². The van der Waals surface area contributed by atoms with E-state index in [1.165, 1.54) is 17.1 Å². The zero-order chi connectivity index (χ0) is 20.5. The normalized spacial score (nSPS) is 17.0. The number of amides is 1. The second kappa shape index (κ2) is 10.7. The smallest absolute Gasteiger partial charge is 0.269 e. The zero-order valence-electron chi connectivity index (χ0n) is 16.9. The second-order valence-corrected chi connectivity index (χ2v) is 6.68. The Morgan fingerprint density at radius 2 is 1.93 bits per heavy atom. The summed E-state index contributed by atoms with van der Waals surface area (Å²) >= 11 is 0. The number of hydrazone groups is 1. The maximum atomic E-state index is 12.9. The number of rotatable bonds is 11. The van der Waals surface area contributed by atoms with Gasteiger partial charge in [-0.05, 0) is 44.6 Å². The van der Waals surface area contributed by atoms with Gasteiger partial charge in [0.25, 0.3) is 11.6 Å². The molecule has 1 heterocycles. The predicted molar refractivity (Wildman–Crippen MR) is 112 cm³/mol. The number of carbonyl (C=O) groups is 1. The van der Waals surface area contributed by atoms with Crippen molar-refractivity contribution in [2.45, 2.75) is 40.0 Å². The van der Waals surface area contributed by atoms with Crippen molar-refractivity contribution in [3.05, 3.63) is 34.4 Å². The standard InChI is InChI=1S/C20H29N5O3/c1-4-8-19-18(15-21-13-7-14-23(5-2)6-3)20(26)24(22-19)16-9-11-17(12-10-16)25(27)28/h9-12,15,18H,4-8,13-14H2,1-3H3/t18-/m1/s1. The molecule has 0 unspecified atom stereocenters. The molecule has 0 spiro atoms. The van der Waals surface area contributed by atoms with Gasteiger partial charge in [0.1, 0.15) is 5.92 Å². The second-order valence-electron chi connectivity index (χ2n) is 6.68. The van der Waals surface area contributed by atoms with Crippen molar-refractivity contribution in [3.63, 3.8) is 0 Å². The Hall–Kier alpha value is -2.61. The number of hydrogen-bond donors (Lipinski definition) is 0. The summed E-state index contributed by atoms with van der Waals surface area (Å²) < 4.78 is 0. The third kappa shape index (κ3) is 5.45. The molecule has 1 aliphatic rings. The van der Waals surface area contributed by atoms with E-state index in [0.717, 1.165) is 38.2 Å². The van der Waals surface area contributed by atoms with Gasteiger partial charge in [-0.25, -0.2) is 0 Å². The highest BCUT2D eigenvalue weighted by Gasteiger charge is 2.35. The molecule has 0 aromatic heterocycles. The minimum Gasteiger partial charge on any atom is -0.304 e. The van der Waals surface area contributed by atoms with Gasteiger partial charge in [-0.3, -0.25) is 19.9 Å². The molecule has 2 rings (SSSR count). The number of carbonyl (C=O) groups excluding carboxylic acids is 1. The first kappa shape index (κ1) is 21.7. The number of aliphatic imine (C=N–C) groups is 1. The summed E-state index contributed by atoms with van der Waals surface area (Å²) in [6.07, 6.45) is 4.26. The molecule has 1 atom stereocenters. The van der Waals surface area contributed by atoms with Gasteiger partial charge in [-0.1, -0.05) is 27.2 Å². The van der Waals surface area contributed by atoms with Gasteiger partial charge in [0.2, 0.25) is 0 Å². The number of nitro groups is 1. The van der Waals surface area contributed by atoms with Gasteiger partial charge in [0.05, 0.1) is 16.3 Å². The fourth-order valence-corrected chi connectivity index (χ4v) is 3.13. The molecule has 0 saturated carbocycles. The largest absolute Gasteiger partial charge is 0.304 e. The minimum atomic E-state index is -0.463. The van der Waals surface area contributed by atoms with E-state index in [2.05, 4.69) is 28.8 Å². The molecule has 0 aliphatic carbocycles. The van der Waals surface area contributed by atoms with Crippen molar-refractivity contribution in [2.75, 3.05) is 31.2 Å². The predicted octanol–water partition coefficient (Wildman–Crippen LogP) is 3.52. The van der Waals surface area contributed by atoms with E-state index in [4.69, 9.17) is 0 Å². The zero-order valence-corrected chi connectivity index (χ0v) is 16.9. The van der Waals surface area contributed by atoms with Crippen LogP contribution in [-0.4, -0.2) is 53.8 Å². The molecule has 1 amide bonds. The lowest BCUT2D eigenvalue weighted by molar-refractivity contribution is -0.384. The maximum absolute atomic E-state index is 12.9. The van der Waals surface area contributed by atoms with Gasteiger partial charge in [0.15, 0.2) is 0 Å². The van der Waals surface area contributed by atoms with Crippen LogP contribution in [0.25, 0.3) is 0 Å². The van der Waals surface area contributed by atoms with Gasteiger partial charge >= 0.3 is 0 Å². The van der Waals surface area contributed by atoms with Crippen LogP contribution in [0.5, 0.6) is 0 Å². The Morgan fingerprint density at radius 1 is 1.25 bits per heavy atom. The van der Waals surface area contributed by atoms with Crippen molar-refractivity contribution in [1.29, 1.82) is 0 Å². The van der Waals surface area contributed by atoms with E-state index in [9.17, 15) is 14.9 Å². The summed E-state index contributed by atoms with van der Waals surface area (Å²) in [5.74, 6) is -0.617.